The van der Waals surface area contributed by atoms with Gasteiger partial charge >= 0.3 is 0 Å². The average molecular weight is 251 g/mol. The van der Waals surface area contributed by atoms with E-state index in [1.807, 2.05) is 20.8 Å². The summed E-state index contributed by atoms with van der Waals surface area (Å²) in [4.78, 5) is 0. The van der Waals surface area contributed by atoms with Gasteiger partial charge < -0.3 is 4.55 Å². The summed E-state index contributed by atoms with van der Waals surface area (Å²) < 4.78 is 40.9. The van der Waals surface area contributed by atoms with Crippen LogP contribution in [0.4, 0.5) is 8.78 Å². The van der Waals surface area contributed by atoms with Crippen LogP contribution < -0.4 is 0 Å². The van der Waals surface area contributed by atoms with Gasteiger partial charge in [0.25, 0.3) is 0 Å². The van der Waals surface area contributed by atoms with E-state index in [2.05, 4.69) is 4.40 Å². The Kier molecular flexibility index (Phi) is 4.35. The molecular weight excluding hydrogens is 232 g/mol. The van der Waals surface area contributed by atoms with Gasteiger partial charge in [0.05, 0.1) is 6.21 Å². The third kappa shape index (κ3) is 4.37. The van der Waals surface area contributed by atoms with Crippen molar-refractivity contribution in [3.8, 4) is 0 Å². The fourth-order valence-electron chi connectivity index (χ4n) is 1.51. The number of nitrogens with zero attached hydrogens (tertiary/aromatic N) is 1. The van der Waals surface area contributed by atoms with Crippen molar-refractivity contribution in [1.29, 1.82) is 0 Å². The molecule has 1 saturated carbocycles. The molecule has 0 unspecified atom stereocenters. The fraction of sp³-hybridized carbons (Fsp3) is 0.909. The van der Waals surface area contributed by atoms with Crippen molar-refractivity contribution in [3.05, 3.63) is 0 Å². The fourth-order valence-corrected chi connectivity index (χ4v) is 2.11. The van der Waals surface area contributed by atoms with Crippen LogP contribution in [-0.2, 0) is 11.4 Å². The van der Waals surface area contributed by atoms with E-state index in [0.717, 1.165) is 0 Å². The summed E-state index contributed by atoms with van der Waals surface area (Å²) in [5, 5.41) is 0. The average Bonchev–Trinajstić information content (AvgIpc) is 2.14. The van der Waals surface area contributed by atoms with Crippen molar-refractivity contribution < 1.29 is 13.3 Å². The molecule has 0 aromatic carbocycles. The molecule has 0 aliphatic heterocycles. The maximum atomic E-state index is 12.9. The van der Waals surface area contributed by atoms with Crippen LogP contribution in [0.2, 0.25) is 0 Å². The Labute approximate surface area is 98.8 Å². The molecule has 1 aliphatic carbocycles. The lowest BCUT2D eigenvalue weighted by atomic mass is 9.88. The van der Waals surface area contributed by atoms with Crippen LogP contribution in [0.3, 0.4) is 0 Å². The van der Waals surface area contributed by atoms with Crippen molar-refractivity contribution in [2.45, 2.75) is 57.1 Å². The molecule has 1 rings (SSSR count). The second kappa shape index (κ2) is 5.00. The molecule has 5 heteroatoms. The molecule has 2 nitrogen and oxygen atoms in total. The minimum absolute atomic E-state index is 0.0610. The molecule has 0 heterocycles. The monoisotopic (exact) mass is 251 g/mol. The first-order chi connectivity index (χ1) is 7.21. The number of hydrogen-bond donors (Lipinski definition) is 0. The van der Waals surface area contributed by atoms with Crippen LogP contribution in [0.1, 0.15) is 46.5 Å². The zero-order chi connectivity index (χ0) is 12.4. The van der Waals surface area contributed by atoms with E-state index in [0.29, 0.717) is 12.8 Å². The van der Waals surface area contributed by atoms with E-state index in [4.69, 9.17) is 0 Å². The lowest BCUT2D eigenvalue weighted by Gasteiger charge is -2.26. The van der Waals surface area contributed by atoms with Crippen molar-refractivity contribution in [2.24, 2.45) is 10.3 Å². The summed E-state index contributed by atoms with van der Waals surface area (Å²) in [5.41, 5.74) is 0. The van der Waals surface area contributed by atoms with Crippen LogP contribution in [0.5, 0.6) is 0 Å². The highest BCUT2D eigenvalue weighted by Gasteiger charge is 2.35. The molecule has 0 spiro atoms. The molecule has 1 aliphatic rings. The maximum Gasteiger partial charge on any atom is 0.248 e. The molecule has 0 aromatic rings. The van der Waals surface area contributed by atoms with Gasteiger partial charge in [-0.25, -0.2) is 8.78 Å². The Morgan fingerprint density at radius 1 is 1.31 bits per heavy atom. The van der Waals surface area contributed by atoms with Gasteiger partial charge in [0.1, 0.15) is 16.1 Å². The Morgan fingerprint density at radius 2 is 1.81 bits per heavy atom. The topological polar surface area (TPSA) is 35.4 Å². The highest BCUT2D eigenvalue weighted by atomic mass is 32.2. The van der Waals surface area contributed by atoms with Crippen LogP contribution in [0, 0.1) is 5.92 Å². The van der Waals surface area contributed by atoms with Gasteiger partial charge in [0.15, 0.2) is 0 Å². The lowest BCUT2D eigenvalue weighted by molar-refractivity contribution is -0.0390. The summed E-state index contributed by atoms with van der Waals surface area (Å²) in [6, 6.07) is 0. The zero-order valence-corrected chi connectivity index (χ0v) is 10.8. The molecule has 1 fully saturated rings. The molecule has 0 bridgehead atoms. The first kappa shape index (κ1) is 13.9. The van der Waals surface area contributed by atoms with Gasteiger partial charge in [-0.05, 0) is 39.5 Å². The second-order valence-corrected chi connectivity index (χ2v) is 7.24. The van der Waals surface area contributed by atoms with Crippen LogP contribution in [0.25, 0.3) is 0 Å². The summed E-state index contributed by atoms with van der Waals surface area (Å²) in [5.74, 6) is -2.45. The molecule has 0 amide bonds. The van der Waals surface area contributed by atoms with Gasteiger partial charge in [-0.1, -0.05) is 4.40 Å². The number of halogens is 2. The van der Waals surface area contributed by atoms with Crippen LogP contribution in [-0.4, -0.2) is 21.4 Å². The van der Waals surface area contributed by atoms with Crippen LogP contribution >= 0.6 is 0 Å². The van der Waals surface area contributed by atoms with E-state index >= 15 is 0 Å². The molecule has 0 radical (unpaired) electrons. The minimum atomic E-state index is -2.51. The largest absolute Gasteiger partial charge is 0.591 e. The summed E-state index contributed by atoms with van der Waals surface area (Å²) >= 11 is -1.28. The summed E-state index contributed by atoms with van der Waals surface area (Å²) in [6.07, 6.45) is 2.34. The molecule has 16 heavy (non-hydrogen) atoms. The van der Waals surface area contributed by atoms with Gasteiger partial charge in [0, 0.05) is 12.8 Å². The normalized spacial score (nSPS) is 24.9. The first-order valence-electron chi connectivity index (χ1n) is 5.55. The first-order valence-corrected chi connectivity index (χ1v) is 6.65. The minimum Gasteiger partial charge on any atom is -0.591 e. The predicted molar refractivity (Wildman–Crippen MR) is 63.3 cm³/mol. The molecule has 94 valence electrons. The third-order valence-electron chi connectivity index (χ3n) is 2.65. The lowest BCUT2D eigenvalue weighted by Crippen LogP contribution is -2.28. The molecule has 1 atom stereocenters. The number of hydrogen-bond acceptors (Lipinski definition) is 2. The quantitative estimate of drug-likeness (QED) is 0.547. The predicted octanol–water partition coefficient (Wildman–Crippen LogP) is 3.34. The van der Waals surface area contributed by atoms with Gasteiger partial charge in [-0.2, -0.15) is 0 Å². The summed E-state index contributed by atoms with van der Waals surface area (Å²) in [7, 11) is 0. The second-order valence-electron chi connectivity index (χ2n) is 5.31. The molecular formula is C11H19F2NOS. The standard InChI is InChI=1S/C11H19F2NOS/c1-10(2,3)16(15)14-8-9-4-6-11(12,13)7-5-9/h8-9H,4-7H2,1-3H3/t16-/m0/s1. The Morgan fingerprint density at radius 3 is 2.25 bits per heavy atom. The van der Waals surface area contributed by atoms with Crippen molar-refractivity contribution >= 4 is 17.6 Å². The van der Waals surface area contributed by atoms with Gasteiger partial charge in [-0.15, -0.1) is 0 Å². The molecule has 0 N–H and O–H groups in total. The smallest absolute Gasteiger partial charge is 0.248 e. The SMILES string of the molecule is CC(C)(C)[S@+]([O-])N=CC1CCC(F)(F)CC1. The van der Waals surface area contributed by atoms with Crippen molar-refractivity contribution in [2.75, 3.05) is 0 Å². The maximum absolute atomic E-state index is 12.9. The van der Waals surface area contributed by atoms with E-state index in [1.165, 1.54) is 0 Å². The Balaban J connectivity index is 2.42. The highest BCUT2D eigenvalue weighted by Crippen LogP contribution is 2.35. The molecule has 0 aromatic heterocycles. The molecule has 0 saturated heterocycles. The number of rotatable bonds is 2. The van der Waals surface area contributed by atoms with Gasteiger partial charge in [0.2, 0.25) is 5.92 Å². The van der Waals surface area contributed by atoms with E-state index < -0.39 is 17.3 Å². The van der Waals surface area contributed by atoms with E-state index in [-0.39, 0.29) is 23.5 Å². The Hall–Kier alpha value is -0.160. The Bertz CT molecular complexity index is 253. The number of alkyl halides is 2. The van der Waals surface area contributed by atoms with E-state index in [1.54, 1.807) is 6.21 Å². The summed E-state index contributed by atoms with van der Waals surface area (Å²) in [6.45, 7) is 5.53. The van der Waals surface area contributed by atoms with E-state index in [9.17, 15) is 13.3 Å². The van der Waals surface area contributed by atoms with Crippen LogP contribution in [0.15, 0.2) is 4.40 Å². The third-order valence-corrected chi connectivity index (χ3v) is 4.01. The zero-order valence-electron chi connectivity index (χ0n) is 10.0. The van der Waals surface area contributed by atoms with Crippen molar-refractivity contribution in [3.63, 3.8) is 0 Å². The van der Waals surface area contributed by atoms with Crippen molar-refractivity contribution in [1.82, 2.24) is 0 Å². The van der Waals surface area contributed by atoms with Gasteiger partial charge in [-0.3, -0.25) is 0 Å². The highest BCUT2D eigenvalue weighted by molar-refractivity contribution is 7.91.